The minimum atomic E-state index is -5.02. The van der Waals surface area contributed by atoms with Gasteiger partial charge in [0.1, 0.15) is 5.60 Å². The minimum absolute atomic E-state index is 0. The third-order valence-corrected chi connectivity index (χ3v) is 2.67. The van der Waals surface area contributed by atoms with Crippen molar-refractivity contribution in [1.29, 1.82) is 0 Å². The molecule has 0 aliphatic rings. The van der Waals surface area contributed by atoms with Crippen LogP contribution in [-0.2, 0) is 4.74 Å². The van der Waals surface area contributed by atoms with Crippen LogP contribution in [0.2, 0.25) is 0 Å². The number of carbonyl (C=O) groups is 1. The summed E-state index contributed by atoms with van der Waals surface area (Å²) in [5.74, 6) is 0. The van der Waals surface area contributed by atoms with Gasteiger partial charge in [0.05, 0.1) is 5.00 Å². The molecule has 1 aromatic rings. The maximum Gasteiger partial charge on any atom is 1.00 e. The number of halogens is 3. The molecular formula is C9H12BF3KNO2S. The Balaban J connectivity index is 0.00000289. The van der Waals surface area contributed by atoms with Gasteiger partial charge in [-0.2, -0.15) is 11.3 Å². The zero-order valence-electron chi connectivity index (χ0n) is 10.6. The summed E-state index contributed by atoms with van der Waals surface area (Å²) in [6.07, 6.45) is -0.763. The van der Waals surface area contributed by atoms with Crippen LogP contribution in [0, 0.1) is 0 Å². The predicted octanol–water partition coefficient (Wildman–Crippen LogP) is 0.154. The molecule has 1 heterocycles. The molecule has 0 aliphatic heterocycles. The van der Waals surface area contributed by atoms with Crippen LogP contribution in [0.15, 0.2) is 12.1 Å². The van der Waals surface area contributed by atoms with Crippen LogP contribution in [0.3, 0.4) is 0 Å². The molecule has 3 nitrogen and oxygen atoms in total. The number of rotatable bonds is 2. The fraction of sp³-hybridized carbons (Fsp3) is 0.444. The second kappa shape index (κ2) is 6.76. The molecule has 1 aromatic heterocycles. The van der Waals surface area contributed by atoms with Crippen LogP contribution in [0.5, 0.6) is 0 Å². The van der Waals surface area contributed by atoms with Gasteiger partial charge < -0.3 is 17.7 Å². The maximum atomic E-state index is 12.3. The van der Waals surface area contributed by atoms with E-state index in [0.717, 1.165) is 6.07 Å². The van der Waals surface area contributed by atoms with Crippen LogP contribution in [0.1, 0.15) is 20.8 Å². The van der Waals surface area contributed by atoms with Gasteiger partial charge in [0.25, 0.3) is 0 Å². The number of hydrogen-bond donors (Lipinski definition) is 1. The predicted molar refractivity (Wildman–Crippen MR) is 62.9 cm³/mol. The monoisotopic (exact) mass is 305 g/mol. The molecule has 0 atom stereocenters. The van der Waals surface area contributed by atoms with Gasteiger partial charge in [-0.1, -0.05) is 10.8 Å². The molecule has 9 heteroatoms. The Morgan fingerprint density at radius 3 is 2.28 bits per heavy atom. The average Bonchev–Trinajstić information content (AvgIpc) is 2.47. The zero-order chi connectivity index (χ0) is 13.3. The molecule has 0 spiro atoms. The SMILES string of the molecule is CC(C)(C)OC(=O)Nc1ccc([B-](F)(F)F)s1.[K+]. The third-order valence-electron chi connectivity index (χ3n) is 1.57. The number of amides is 1. The van der Waals surface area contributed by atoms with Crippen molar-refractivity contribution in [3.63, 3.8) is 0 Å². The van der Waals surface area contributed by atoms with E-state index in [2.05, 4.69) is 5.32 Å². The smallest absolute Gasteiger partial charge is 0.444 e. The number of hydrogen-bond acceptors (Lipinski definition) is 3. The molecule has 1 amide bonds. The van der Waals surface area contributed by atoms with Crippen molar-refractivity contribution in [2.75, 3.05) is 5.32 Å². The van der Waals surface area contributed by atoms with Crippen molar-refractivity contribution in [3.8, 4) is 0 Å². The van der Waals surface area contributed by atoms with Crippen LogP contribution in [0.25, 0.3) is 0 Å². The first-order valence-corrected chi connectivity index (χ1v) is 5.69. The minimum Gasteiger partial charge on any atom is -0.444 e. The van der Waals surface area contributed by atoms with Gasteiger partial charge in [0, 0.05) is 0 Å². The molecule has 0 radical (unpaired) electrons. The largest absolute Gasteiger partial charge is 1.00 e. The van der Waals surface area contributed by atoms with Crippen molar-refractivity contribution in [3.05, 3.63) is 12.1 Å². The topological polar surface area (TPSA) is 38.3 Å². The summed E-state index contributed by atoms with van der Waals surface area (Å²) in [6, 6.07) is 2.15. The third kappa shape index (κ3) is 6.58. The fourth-order valence-corrected chi connectivity index (χ4v) is 1.79. The molecule has 1 N–H and O–H groups in total. The first-order valence-electron chi connectivity index (χ1n) is 4.87. The Morgan fingerprint density at radius 2 is 1.89 bits per heavy atom. The van der Waals surface area contributed by atoms with E-state index < -0.39 is 23.4 Å². The van der Waals surface area contributed by atoms with Gasteiger partial charge in [-0.25, -0.2) is 4.79 Å². The second-order valence-electron chi connectivity index (χ2n) is 4.40. The Bertz CT molecular complexity index is 417. The van der Waals surface area contributed by atoms with Gasteiger partial charge in [-0.3, -0.25) is 5.32 Å². The van der Waals surface area contributed by atoms with Crippen molar-refractivity contribution < 1.29 is 73.9 Å². The number of nitrogens with one attached hydrogen (secondary N) is 1. The Labute approximate surface area is 150 Å². The Hall–Kier alpha value is 0.461. The van der Waals surface area contributed by atoms with Gasteiger partial charge in [0.15, 0.2) is 0 Å². The van der Waals surface area contributed by atoms with Crippen LogP contribution in [0.4, 0.5) is 22.7 Å². The summed E-state index contributed by atoms with van der Waals surface area (Å²) in [5, 5.41) is 2.38. The molecule has 0 aromatic carbocycles. The van der Waals surface area contributed by atoms with E-state index in [1.54, 1.807) is 20.8 Å². The molecule has 1 rings (SSSR count). The quantitative estimate of drug-likeness (QED) is 0.790. The van der Waals surface area contributed by atoms with E-state index >= 15 is 0 Å². The first-order chi connectivity index (χ1) is 7.58. The zero-order valence-corrected chi connectivity index (χ0v) is 14.5. The van der Waals surface area contributed by atoms with Crippen molar-refractivity contribution >= 4 is 34.2 Å². The number of thiophene rings is 1. The van der Waals surface area contributed by atoms with Crippen molar-refractivity contribution in [2.24, 2.45) is 0 Å². The van der Waals surface area contributed by atoms with E-state index in [1.165, 1.54) is 6.07 Å². The molecule has 0 bridgehead atoms. The Morgan fingerprint density at radius 1 is 1.33 bits per heavy atom. The second-order valence-corrected chi connectivity index (χ2v) is 5.52. The summed E-state index contributed by atoms with van der Waals surface area (Å²) < 4.78 is 41.2. The molecule has 0 aliphatic carbocycles. The summed E-state index contributed by atoms with van der Waals surface area (Å²) in [6.45, 7) is -0.00182. The summed E-state index contributed by atoms with van der Waals surface area (Å²) >= 11 is 0.485. The molecule has 96 valence electrons. The van der Waals surface area contributed by atoms with E-state index in [-0.39, 0.29) is 56.4 Å². The molecule has 18 heavy (non-hydrogen) atoms. The van der Waals surface area contributed by atoms with Crippen LogP contribution >= 0.6 is 11.3 Å². The van der Waals surface area contributed by atoms with Gasteiger partial charge in [-0.05, 0) is 26.8 Å². The van der Waals surface area contributed by atoms with Gasteiger partial charge in [0.2, 0.25) is 0 Å². The van der Waals surface area contributed by atoms with E-state index in [0.29, 0.717) is 11.3 Å². The van der Waals surface area contributed by atoms with Crippen LogP contribution in [-0.4, -0.2) is 18.7 Å². The van der Waals surface area contributed by atoms with E-state index in [9.17, 15) is 17.7 Å². The summed E-state index contributed by atoms with van der Waals surface area (Å²) in [4.78, 5) is 11.3. The number of ether oxygens (including phenoxy) is 1. The average molecular weight is 305 g/mol. The van der Waals surface area contributed by atoms with Crippen molar-refractivity contribution in [1.82, 2.24) is 0 Å². The standard InChI is InChI=1S/C9H12BF3NO2S.K/c1-9(2,3)16-8(15)14-7-5-4-6(17-7)10(11,12)13;/h4-5H,1-3H3,(H,14,15);/q-1;+1. The first kappa shape index (κ1) is 18.5. The van der Waals surface area contributed by atoms with Gasteiger partial charge >= 0.3 is 64.5 Å². The number of anilines is 1. The molecule has 0 saturated carbocycles. The number of carbonyl (C=O) groups excluding carboxylic acids is 1. The fourth-order valence-electron chi connectivity index (χ4n) is 1.00. The molecule has 0 saturated heterocycles. The van der Waals surface area contributed by atoms with Crippen molar-refractivity contribution in [2.45, 2.75) is 26.4 Å². The molecule has 0 unspecified atom stereocenters. The molecular weight excluding hydrogens is 293 g/mol. The van der Waals surface area contributed by atoms with Crippen LogP contribution < -0.4 is 61.5 Å². The van der Waals surface area contributed by atoms with Gasteiger partial charge in [-0.15, -0.1) is 0 Å². The van der Waals surface area contributed by atoms with E-state index in [1.807, 2.05) is 0 Å². The Kier molecular flexibility index (Phi) is 6.93. The summed E-state index contributed by atoms with van der Waals surface area (Å²) in [5.41, 5.74) is -0.682. The maximum absolute atomic E-state index is 12.3. The van der Waals surface area contributed by atoms with E-state index in [4.69, 9.17) is 4.74 Å². The normalized spacial score (nSPS) is 11.7. The molecule has 0 fully saturated rings. The summed E-state index contributed by atoms with van der Waals surface area (Å²) in [7, 11) is 0.